The second-order valence-corrected chi connectivity index (χ2v) is 7.75. The van der Waals surface area contributed by atoms with Crippen LogP contribution >= 0.6 is 0 Å². The first-order valence-electron chi connectivity index (χ1n) is 9.69. The minimum Gasteiger partial charge on any atom is -0.385 e. The molecule has 1 aliphatic carbocycles. The van der Waals surface area contributed by atoms with Crippen molar-refractivity contribution in [3.63, 3.8) is 0 Å². The van der Waals surface area contributed by atoms with Gasteiger partial charge in [0.05, 0.1) is 6.54 Å². The number of nitrogens with zero attached hydrogens (tertiary/aromatic N) is 4. The van der Waals surface area contributed by atoms with E-state index in [1.54, 1.807) is 6.20 Å². The minimum absolute atomic E-state index is 0.225. The van der Waals surface area contributed by atoms with Crippen LogP contribution in [0.1, 0.15) is 56.9 Å². The smallest absolute Gasteiger partial charge is 0.236 e. The number of rotatable bonds is 5. The highest BCUT2D eigenvalue weighted by Crippen LogP contribution is 2.29. The molecule has 0 radical (unpaired) electrons. The van der Waals surface area contributed by atoms with Crippen LogP contribution < -0.4 is 0 Å². The number of carbonyl (C=O) groups is 1. The summed E-state index contributed by atoms with van der Waals surface area (Å²) in [5, 5.41) is 10.6. The van der Waals surface area contributed by atoms with Gasteiger partial charge in [0.2, 0.25) is 5.91 Å². The quantitative estimate of drug-likeness (QED) is 0.884. The number of aryl methyl sites for hydroxylation is 1. The number of likely N-dealkylation sites (tertiary alicyclic amines) is 1. The number of aliphatic hydroxyl groups is 1. The van der Waals surface area contributed by atoms with E-state index >= 15 is 0 Å². The lowest BCUT2D eigenvalue weighted by atomic mass is 9.90. The van der Waals surface area contributed by atoms with E-state index in [-0.39, 0.29) is 11.8 Å². The van der Waals surface area contributed by atoms with Gasteiger partial charge in [0, 0.05) is 32.5 Å². The Morgan fingerprint density at radius 3 is 2.56 bits per heavy atom. The summed E-state index contributed by atoms with van der Waals surface area (Å²) in [6, 6.07) is 0.434. The number of likely N-dealkylation sites (N-methyl/N-ethyl adjacent to an activating group) is 1. The average Bonchev–Trinajstić information content (AvgIpc) is 3.07. The van der Waals surface area contributed by atoms with Crippen molar-refractivity contribution in [2.45, 2.75) is 57.1 Å². The van der Waals surface area contributed by atoms with Gasteiger partial charge in [-0.15, -0.1) is 0 Å². The Bertz CT molecular complexity index is 560. The van der Waals surface area contributed by atoms with E-state index in [1.807, 2.05) is 29.8 Å². The summed E-state index contributed by atoms with van der Waals surface area (Å²) in [4.78, 5) is 21.1. The molecule has 0 bridgehead atoms. The van der Waals surface area contributed by atoms with Crippen molar-refractivity contribution in [2.24, 2.45) is 13.0 Å². The fourth-order valence-electron chi connectivity index (χ4n) is 4.27. The SMILES string of the molecule is CN(C(=O)CN1CCC(C(O)c2nccn2C)CC1)C1CCCCC1. The molecule has 0 spiro atoms. The lowest BCUT2D eigenvalue weighted by Crippen LogP contribution is -2.46. The normalized spacial score (nSPS) is 22.0. The largest absolute Gasteiger partial charge is 0.385 e. The van der Waals surface area contributed by atoms with Gasteiger partial charge in [-0.05, 0) is 44.7 Å². The van der Waals surface area contributed by atoms with E-state index < -0.39 is 6.10 Å². The van der Waals surface area contributed by atoms with Crippen LogP contribution in [0.2, 0.25) is 0 Å². The molecule has 1 amide bonds. The Morgan fingerprint density at radius 1 is 1.28 bits per heavy atom. The Balaban J connectivity index is 1.46. The van der Waals surface area contributed by atoms with Gasteiger partial charge < -0.3 is 14.6 Å². The summed E-state index contributed by atoms with van der Waals surface area (Å²) in [6.45, 7) is 2.25. The Hall–Kier alpha value is -1.40. The van der Waals surface area contributed by atoms with Gasteiger partial charge in [-0.1, -0.05) is 19.3 Å². The molecule has 6 heteroatoms. The molecule has 6 nitrogen and oxygen atoms in total. The maximum Gasteiger partial charge on any atom is 0.236 e. The first-order valence-corrected chi connectivity index (χ1v) is 9.69. The molecule has 0 aromatic carbocycles. The molecule has 25 heavy (non-hydrogen) atoms. The standard InChI is InChI=1S/C19H32N4O2/c1-21-13-10-20-19(21)18(25)15-8-11-23(12-9-15)14-17(24)22(2)16-6-4-3-5-7-16/h10,13,15-16,18,25H,3-9,11-12,14H2,1-2H3. The summed E-state index contributed by atoms with van der Waals surface area (Å²) in [5.41, 5.74) is 0. The monoisotopic (exact) mass is 348 g/mol. The first kappa shape index (κ1) is 18.4. The van der Waals surface area contributed by atoms with Crippen molar-refractivity contribution in [1.82, 2.24) is 19.4 Å². The molecule has 1 atom stereocenters. The van der Waals surface area contributed by atoms with Gasteiger partial charge in [-0.3, -0.25) is 9.69 Å². The van der Waals surface area contributed by atoms with E-state index in [2.05, 4.69) is 9.88 Å². The molecule has 1 unspecified atom stereocenters. The van der Waals surface area contributed by atoms with Crippen LogP contribution in [0, 0.1) is 5.92 Å². The zero-order valence-corrected chi connectivity index (χ0v) is 15.6. The molecule has 2 heterocycles. The average molecular weight is 348 g/mol. The molecule has 1 saturated carbocycles. The number of hydrogen-bond donors (Lipinski definition) is 1. The number of hydrogen-bond acceptors (Lipinski definition) is 4. The van der Waals surface area contributed by atoms with Gasteiger partial charge in [0.25, 0.3) is 0 Å². The minimum atomic E-state index is -0.511. The fourth-order valence-corrected chi connectivity index (χ4v) is 4.27. The first-order chi connectivity index (χ1) is 12.1. The van der Waals surface area contributed by atoms with Gasteiger partial charge in [0.15, 0.2) is 0 Å². The van der Waals surface area contributed by atoms with E-state index in [0.717, 1.165) is 44.6 Å². The van der Waals surface area contributed by atoms with E-state index in [4.69, 9.17) is 0 Å². The molecular formula is C19H32N4O2. The molecular weight excluding hydrogens is 316 g/mol. The highest BCUT2D eigenvalue weighted by atomic mass is 16.3. The highest BCUT2D eigenvalue weighted by Gasteiger charge is 2.30. The van der Waals surface area contributed by atoms with Gasteiger partial charge >= 0.3 is 0 Å². The van der Waals surface area contributed by atoms with Crippen molar-refractivity contribution >= 4 is 5.91 Å². The Morgan fingerprint density at radius 2 is 1.96 bits per heavy atom. The third kappa shape index (κ3) is 4.42. The molecule has 1 N–H and O–H groups in total. The molecule has 2 aliphatic rings. The highest BCUT2D eigenvalue weighted by molar-refractivity contribution is 5.78. The van der Waals surface area contributed by atoms with Crippen molar-refractivity contribution in [2.75, 3.05) is 26.7 Å². The van der Waals surface area contributed by atoms with Crippen molar-refractivity contribution in [3.05, 3.63) is 18.2 Å². The number of aromatic nitrogens is 2. The molecule has 1 aromatic rings. The van der Waals surface area contributed by atoms with Gasteiger partial charge in [-0.2, -0.15) is 0 Å². The van der Waals surface area contributed by atoms with E-state index in [0.29, 0.717) is 12.6 Å². The van der Waals surface area contributed by atoms with Crippen LogP contribution in [0.4, 0.5) is 0 Å². The number of carbonyl (C=O) groups excluding carboxylic acids is 1. The number of aliphatic hydroxyl groups excluding tert-OH is 1. The molecule has 2 fully saturated rings. The van der Waals surface area contributed by atoms with E-state index in [1.165, 1.54) is 19.3 Å². The summed E-state index contributed by atoms with van der Waals surface area (Å²) in [7, 11) is 3.89. The summed E-state index contributed by atoms with van der Waals surface area (Å²) in [6.07, 6.45) is 11.0. The summed E-state index contributed by atoms with van der Waals surface area (Å²) in [5.74, 6) is 1.21. The molecule has 140 valence electrons. The Kier molecular flexibility index (Phi) is 6.12. The fraction of sp³-hybridized carbons (Fsp3) is 0.789. The van der Waals surface area contributed by atoms with Crippen LogP contribution in [0.25, 0.3) is 0 Å². The lowest BCUT2D eigenvalue weighted by molar-refractivity contribution is -0.134. The third-order valence-corrected chi connectivity index (χ3v) is 6.08. The summed E-state index contributed by atoms with van der Waals surface area (Å²) < 4.78 is 1.89. The predicted molar refractivity (Wildman–Crippen MR) is 97.0 cm³/mol. The van der Waals surface area contributed by atoms with Gasteiger partial charge in [0.1, 0.15) is 11.9 Å². The van der Waals surface area contributed by atoms with Crippen LogP contribution in [0.3, 0.4) is 0 Å². The molecule has 1 aliphatic heterocycles. The van der Waals surface area contributed by atoms with Crippen molar-refractivity contribution < 1.29 is 9.90 Å². The zero-order valence-electron chi connectivity index (χ0n) is 15.6. The maximum absolute atomic E-state index is 12.6. The second kappa shape index (κ2) is 8.32. The molecule has 1 saturated heterocycles. The van der Waals surface area contributed by atoms with Crippen LogP contribution in [0.15, 0.2) is 12.4 Å². The van der Waals surface area contributed by atoms with Gasteiger partial charge in [-0.25, -0.2) is 4.98 Å². The third-order valence-electron chi connectivity index (χ3n) is 6.08. The maximum atomic E-state index is 12.6. The van der Waals surface area contributed by atoms with Crippen molar-refractivity contribution in [1.29, 1.82) is 0 Å². The second-order valence-electron chi connectivity index (χ2n) is 7.75. The number of amides is 1. The molecule has 3 rings (SSSR count). The number of imidazole rings is 1. The van der Waals surface area contributed by atoms with Crippen LogP contribution in [0.5, 0.6) is 0 Å². The molecule has 1 aromatic heterocycles. The number of piperidine rings is 1. The lowest BCUT2D eigenvalue weighted by Gasteiger charge is -2.36. The topological polar surface area (TPSA) is 61.6 Å². The van der Waals surface area contributed by atoms with E-state index in [9.17, 15) is 9.90 Å². The summed E-state index contributed by atoms with van der Waals surface area (Å²) >= 11 is 0. The Labute approximate surface area is 150 Å². The van der Waals surface area contributed by atoms with Crippen molar-refractivity contribution in [3.8, 4) is 0 Å². The predicted octanol–water partition coefficient (Wildman–Crippen LogP) is 1.96. The zero-order chi connectivity index (χ0) is 17.8. The van der Waals surface area contributed by atoms with Crippen LogP contribution in [-0.2, 0) is 11.8 Å². The van der Waals surface area contributed by atoms with Crippen LogP contribution in [-0.4, -0.2) is 63.1 Å².